The summed E-state index contributed by atoms with van der Waals surface area (Å²) in [6, 6.07) is 16.6. The molecular formula is C34H41F3O. The van der Waals surface area contributed by atoms with E-state index in [0.717, 1.165) is 37.7 Å². The SMILES string of the molecule is CCCCCCCCCc1ccc2c(c1F)OC(F)(F)c1cc(-c3ccc(CCCCCC)cc3)ccc1-2. The summed E-state index contributed by atoms with van der Waals surface area (Å²) < 4.78 is 50.8. The van der Waals surface area contributed by atoms with Gasteiger partial charge in [-0.05, 0) is 59.6 Å². The first-order valence-corrected chi connectivity index (χ1v) is 14.6. The summed E-state index contributed by atoms with van der Waals surface area (Å²) in [5, 5.41) is 0. The second-order valence-electron chi connectivity index (χ2n) is 10.7. The lowest BCUT2D eigenvalue weighted by molar-refractivity contribution is -0.188. The fourth-order valence-electron chi connectivity index (χ4n) is 5.38. The molecule has 3 aromatic rings. The normalized spacial score (nSPS) is 13.6. The van der Waals surface area contributed by atoms with Crippen LogP contribution in [0.5, 0.6) is 5.75 Å². The monoisotopic (exact) mass is 522 g/mol. The largest absolute Gasteiger partial charge is 0.427 e. The van der Waals surface area contributed by atoms with E-state index in [1.54, 1.807) is 18.2 Å². The predicted octanol–water partition coefficient (Wildman–Crippen LogP) is 11.0. The van der Waals surface area contributed by atoms with Crippen LogP contribution in [0.4, 0.5) is 13.2 Å². The molecule has 3 aromatic carbocycles. The zero-order valence-electron chi connectivity index (χ0n) is 22.9. The quantitative estimate of drug-likeness (QED) is 0.191. The molecule has 0 bridgehead atoms. The topological polar surface area (TPSA) is 9.23 Å². The van der Waals surface area contributed by atoms with Gasteiger partial charge in [-0.25, -0.2) is 4.39 Å². The Morgan fingerprint density at radius 3 is 1.92 bits per heavy atom. The highest BCUT2D eigenvalue weighted by Gasteiger charge is 2.43. The zero-order valence-corrected chi connectivity index (χ0v) is 22.9. The lowest BCUT2D eigenvalue weighted by Crippen LogP contribution is -2.27. The Morgan fingerprint density at radius 1 is 0.632 bits per heavy atom. The third-order valence-corrected chi connectivity index (χ3v) is 7.69. The molecule has 0 saturated carbocycles. The zero-order chi connectivity index (χ0) is 27.0. The van der Waals surface area contributed by atoms with E-state index in [0.29, 0.717) is 28.7 Å². The summed E-state index contributed by atoms with van der Waals surface area (Å²) in [4.78, 5) is 0. The minimum Gasteiger partial charge on any atom is -0.425 e. The van der Waals surface area contributed by atoms with Crippen molar-refractivity contribution in [2.75, 3.05) is 0 Å². The lowest BCUT2D eigenvalue weighted by atomic mass is 9.90. The van der Waals surface area contributed by atoms with Crippen molar-refractivity contribution in [2.24, 2.45) is 0 Å². The van der Waals surface area contributed by atoms with Crippen molar-refractivity contribution in [3.63, 3.8) is 0 Å². The van der Waals surface area contributed by atoms with Gasteiger partial charge >= 0.3 is 6.11 Å². The molecule has 0 atom stereocenters. The van der Waals surface area contributed by atoms with Crippen LogP contribution < -0.4 is 4.74 Å². The van der Waals surface area contributed by atoms with E-state index in [4.69, 9.17) is 4.74 Å². The van der Waals surface area contributed by atoms with E-state index in [1.807, 2.05) is 18.2 Å². The van der Waals surface area contributed by atoms with Crippen LogP contribution in [-0.4, -0.2) is 0 Å². The van der Waals surface area contributed by atoms with Gasteiger partial charge in [-0.15, -0.1) is 0 Å². The van der Waals surface area contributed by atoms with Gasteiger partial charge in [0.2, 0.25) is 0 Å². The molecule has 0 unspecified atom stereocenters. The maximum Gasteiger partial charge on any atom is 0.427 e. The third-order valence-electron chi connectivity index (χ3n) is 7.69. The number of fused-ring (bicyclic) bond motifs is 3. The Morgan fingerprint density at radius 2 is 1.21 bits per heavy atom. The van der Waals surface area contributed by atoms with Gasteiger partial charge in [0.15, 0.2) is 11.6 Å². The van der Waals surface area contributed by atoms with Crippen molar-refractivity contribution in [2.45, 2.75) is 103 Å². The minimum absolute atomic E-state index is 0.217. The predicted molar refractivity (Wildman–Crippen MR) is 151 cm³/mol. The molecule has 0 spiro atoms. The summed E-state index contributed by atoms with van der Waals surface area (Å²) in [7, 11) is 0. The number of benzene rings is 3. The maximum absolute atomic E-state index is 15.3. The second kappa shape index (κ2) is 13.4. The summed E-state index contributed by atoms with van der Waals surface area (Å²) in [6.07, 6.45) is 10.7. The van der Waals surface area contributed by atoms with E-state index in [9.17, 15) is 0 Å². The first-order chi connectivity index (χ1) is 18.4. The Kier molecular flexibility index (Phi) is 9.93. The van der Waals surface area contributed by atoms with Gasteiger partial charge in [0.25, 0.3) is 0 Å². The summed E-state index contributed by atoms with van der Waals surface area (Å²) >= 11 is 0. The Bertz CT molecular complexity index is 1180. The van der Waals surface area contributed by atoms with Crippen LogP contribution in [0.25, 0.3) is 22.3 Å². The van der Waals surface area contributed by atoms with Gasteiger partial charge in [0.1, 0.15) is 0 Å². The van der Waals surface area contributed by atoms with Crippen molar-refractivity contribution in [1.82, 2.24) is 0 Å². The summed E-state index contributed by atoms with van der Waals surface area (Å²) in [5.41, 5.74) is 3.78. The lowest BCUT2D eigenvalue weighted by Gasteiger charge is -2.29. The van der Waals surface area contributed by atoms with E-state index >= 15 is 13.2 Å². The van der Waals surface area contributed by atoms with Crippen molar-refractivity contribution in [3.05, 3.63) is 77.1 Å². The standard InChI is InChI=1S/C34H41F3O/c1-3-5-7-9-10-11-13-15-27-20-23-30-29-22-21-28(24-31(29)34(36,37)38-33(30)32(27)35)26-18-16-25(17-19-26)14-12-8-6-4-2/h16-24H,3-15H2,1-2H3. The summed E-state index contributed by atoms with van der Waals surface area (Å²) in [6.45, 7) is 4.39. The van der Waals surface area contributed by atoms with E-state index in [2.05, 4.69) is 26.0 Å². The Balaban J connectivity index is 1.48. The number of unbranched alkanes of at least 4 members (excludes halogenated alkanes) is 9. The third kappa shape index (κ3) is 6.81. The smallest absolute Gasteiger partial charge is 0.425 e. The van der Waals surface area contributed by atoms with E-state index in [-0.39, 0.29) is 11.3 Å². The molecule has 0 aliphatic carbocycles. The van der Waals surface area contributed by atoms with Gasteiger partial charge in [-0.1, -0.05) is 120 Å². The molecule has 0 fully saturated rings. The number of aryl methyl sites for hydroxylation is 2. The van der Waals surface area contributed by atoms with Crippen LogP contribution >= 0.6 is 0 Å². The molecule has 4 rings (SSSR count). The number of ether oxygens (including phenoxy) is 1. The second-order valence-corrected chi connectivity index (χ2v) is 10.7. The van der Waals surface area contributed by atoms with Crippen LogP contribution in [0.3, 0.4) is 0 Å². The van der Waals surface area contributed by atoms with Crippen molar-refractivity contribution in [3.8, 4) is 28.0 Å². The first kappa shape index (κ1) is 28.3. The Labute approximate surface area is 226 Å². The number of alkyl halides is 2. The molecule has 1 aliphatic rings. The molecule has 1 nitrogen and oxygen atoms in total. The number of hydrogen-bond donors (Lipinski definition) is 0. The summed E-state index contributed by atoms with van der Waals surface area (Å²) in [5.74, 6) is -0.986. The van der Waals surface area contributed by atoms with Gasteiger partial charge in [-0.2, -0.15) is 8.78 Å². The van der Waals surface area contributed by atoms with Gasteiger partial charge in [0.05, 0.1) is 5.56 Å². The van der Waals surface area contributed by atoms with Gasteiger partial charge in [0, 0.05) is 5.56 Å². The highest BCUT2D eigenvalue weighted by molar-refractivity contribution is 5.80. The highest BCUT2D eigenvalue weighted by Crippen LogP contribution is 2.49. The average Bonchev–Trinajstić information content (AvgIpc) is 2.92. The van der Waals surface area contributed by atoms with Crippen molar-refractivity contribution < 1.29 is 17.9 Å². The molecular weight excluding hydrogens is 481 g/mol. The van der Waals surface area contributed by atoms with Gasteiger partial charge in [-0.3, -0.25) is 0 Å². The number of rotatable bonds is 14. The molecule has 0 amide bonds. The number of halogens is 3. The first-order valence-electron chi connectivity index (χ1n) is 14.6. The van der Waals surface area contributed by atoms with Crippen LogP contribution in [0.1, 0.15) is 101 Å². The molecule has 0 saturated heterocycles. The van der Waals surface area contributed by atoms with E-state index in [1.165, 1.54) is 56.6 Å². The molecule has 0 aromatic heterocycles. The molecule has 1 heterocycles. The molecule has 38 heavy (non-hydrogen) atoms. The Hall–Kier alpha value is -2.75. The minimum atomic E-state index is -3.60. The molecule has 0 N–H and O–H groups in total. The molecule has 4 heteroatoms. The van der Waals surface area contributed by atoms with Crippen molar-refractivity contribution >= 4 is 0 Å². The fraction of sp³-hybridized carbons (Fsp3) is 0.471. The van der Waals surface area contributed by atoms with Crippen LogP contribution in [0.15, 0.2) is 54.6 Å². The van der Waals surface area contributed by atoms with Crippen LogP contribution in [0.2, 0.25) is 0 Å². The fourth-order valence-corrected chi connectivity index (χ4v) is 5.38. The molecule has 1 aliphatic heterocycles. The average molecular weight is 523 g/mol. The van der Waals surface area contributed by atoms with Crippen molar-refractivity contribution in [1.29, 1.82) is 0 Å². The molecule has 204 valence electrons. The van der Waals surface area contributed by atoms with E-state index < -0.39 is 11.9 Å². The van der Waals surface area contributed by atoms with Crippen LogP contribution in [-0.2, 0) is 19.0 Å². The highest BCUT2D eigenvalue weighted by atomic mass is 19.3. The van der Waals surface area contributed by atoms with Crippen LogP contribution in [0, 0.1) is 5.82 Å². The number of hydrogen-bond acceptors (Lipinski definition) is 1. The van der Waals surface area contributed by atoms with Gasteiger partial charge < -0.3 is 4.74 Å². The maximum atomic E-state index is 15.3. The molecule has 0 radical (unpaired) electrons.